The molecule has 0 aliphatic heterocycles. The molecule has 0 fully saturated rings. The van der Waals surface area contributed by atoms with Gasteiger partial charge >= 0.3 is 0 Å². The van der Waals surface area contributed by atoms with Crippen LogP contribution in [0.5, 0.6) is 0 Å². The van der Waals surface area contributed by atoms with E-state index in [9.17, 15) is 0 Å². The zero-order valence-electron chi connectivity index (χ0n) is 9.51. The third-order valence-electron chi connectivity index (χ3n) is 2.31. The summed E-state index contributed by atoms with van der Waals surface area (Å²) in [6.07, 6.45) is 1.52. The largest absolute Gasteiger partial charge is 0.370 e. The van der Waals surface area contributed by atoms with Crippen molar-refractivity contribution in [3.63, 3.8) is 0 Å². The van der Waals surface area contributed by atoms with Crippen molar-refractivity contribution >= 4 is 5.82 Å². The van der Waals surface area contributed by atoms with Crippen LogP contribution in [0.15, 0.2) is 36.7 Å². The number of anilines is 1. The molecule has 2 aromatic rings. The Bertz CT molecular complexity index is 557. The fourth-order valence-electron chi connectivity index (χ4n) is 1.54. The molecule has 0 bridgehead atoms. The Morgan fingerprint density at radius 3 is 2.94 bits per heavy atom. The number of rotatable bonds is 3. The van der Waals surface area contributed by atoms with Crippen LogP contribution in [-0.4, -0.2) is 16.5 Å². The predicted molar refractivity (Wildman–Crippen MR) is 66.3 cm³/mol. The van der Waals surface area contributed by atoms with Gasteiger partial charge in [-0.25, -0.2) is 9.97 Å². The third-order valence-corrected chi connectivity index (χ3v) is 2.31. The van der Waals surface area contributed by atoms with E-state index in [1.54, 1.807) is 6.07 Å². The molecular formula is C13H12N4. The Morgan fingerprint density at radius 1 is 1.29 bits per heavy atom. The second-order valence-corrected chi connectivity index (χ2v) is 3.51. The van der Waals surface area contributed by atoms with Crippen molar-refractivity contribution < 1.29 is 0 Å². The number of benzene rings is 1. The normalized spacial score (nSPS) is 9.65. The number of nitrogens with zero attached hydrogens (tertiary/aromatic N) is 3. The minimum absolute atomic E-state index is 0.631. The summed E-state index contributed by atoms with van der Waals surface area (Å²) in [5, 5.41) is 12.0. The van der Waals surface area contributed by atoms with E-state index >= 15 is 0 Å². The molecule has 1 aromatic carbocycles. The topological polar surface area (TPSA) is 61.6 Å². The van der Waals surface area contributed by atoms with Gasteiger partial charge in [-0.3, -0.25) is 0 Å². The van der Waals surface area contributed by atoms with Crippen molar-refractivity contribution in [2.75, 3.05) is 11.9 Å². The van der Waals surface area contributed by atoms with E-state index in [0.29, 0.717) is 5.56 Å². The SMILES string of the molecule is CCNc1cc(-c2cccc(C#N)c2)ncn1. The van der Waals surface area contributed by atoms with Crippen molar-refractivity contribution in [1.82, 2.24) is 9.97 Å². The maximum absolute atomic E-state index is 8.85. The van der Waals surface area contributed by atoms with Crippen LogP contribution in [0.25, 0.3) is 11.3 Å². The lowest BCUT2D eigenvalue weighted by molar-refractivity contribution is 1.11. The van der Waals surface area contributed by atoms with Gasteiger partial charge in [-0.05, 0) is 19.1 Å². The summed E-state index contributed by atoms with van der Waals surface area (Å²) in [5.74, 6) is 0.792. The Balaban J connectivity index is 2.39. The third kappa shape index (κ3) is 2.58. The van der Waals surface area contributed by atoms with Gasteiger partial charge in [0.1, 0.15) is 12.1 Å². The van der Waals surface area contributed by atoms with Gasteiger partial charge in [-0.2, -0.15) is 5.26 Å². The maximum atomic E-state index is 8.85. The minimum atomic E-state index is 0.631. The number of aromatic nitrogens is 2. The van der Waals surface area contributed by atoms with E-state index in [1.807, 2.05) is 31.2 Å². The molecule has 0 radical (unpaired) electrons. The van der Waals surface area contributed by atoms with E-state index < -0.39 is 0 Å². The Labute approximate surface area is 100.0 Å². The zero-order chi connectivity index (χ0) is 12.1. The monoisotopic (exact) mass is 224 g/mol. The minimum Gasteiger partial charge on any atom is -0.370 e. The van der Waals surface area contributed by atoms with Crippen molar-refractivity contribution in [1.29, 1.82) is 5.26 Å². The summed E-state index contributed by atoms with van der Waals surface area (Å²) in [6, 6.07) is 11.4. The molecule has 4 nitrogen and oxygen atoms in total. The van der Waals surface area contributed by atoms with Gasteiger partial charge < -0.3 is 5.32 Å². The van der Waals surface area contributed by atoms with E-state index in [4.69, 9.17) is 5.26 Å². The first-order valence-corrected chi connectivity index (χ1v) is 5.40. The van der Waals surface area contributed by atoms with Crippen LogP contribution < -0.4 is 5.32 Å². The van der Waals surface area contributed by atoms with E-state index in [0.717, 1.165) is 23.6 Å². The smallest absolute Gasteiger partial charge is 0.129 e. The van der Waals surface area contributed by atoms with Crippen LogP contribution in [0, 0.1) is 11.3 Å². The molecule has 4 heteroatoms. The molecule has 0 saturated carbocycles. The molecule has 2 rings (SSSR count). The van der Waals surface area contributed by atoms with Gasteiger partial charge in [0.25, 0.3) is 0 Å². The first-order chi connectivity index (χ1) is 8.33. The van der Waals surface area contributed by atoms with Crippen LogP contribution in [0.2, 0.25) is 0 Å². The molecular weight excluding hydrogens is 212 g/mol. The van der Waals surface area contributed by atoms with Gasteiger partial charge in [0.15, 0.2) is 0 Å². The molecule has 1 N–H and O–H groups in total. The summed E-state index contributed by atoms with van der Waals surface area (Å²) in [5.41, 5.74) is 2.37. The predicted octanol–water partition coefficient (Wildman–Crippen LogP) is 2.45. The molecule has 1 heterocycles. The van der Waals surface area contributed by atoms with Crippen LogP contribution >= 0.6 is 0 Å². The highest BCUT2D eigenvalue weighted by Crippen LogP contribution is 2.19. The van der Waals surface area contributed by atoms with Gasteiger partial charge in [-0.1, -0.05) is 12.1 Å². The zero-order valence-corrected chi connectivity index (χ0v) is 9.51. The Morgan fingerprint density at radius 2 is 2.18 bits per heavy atom. The lowest BCUT2D eigenvalue weighted by atomic mass is 10.1. The molecule has 0 aliphatic carbocycles. The molecule has 0 saturated heterocycles. The summed E-state index contributed by atoms with van der Waals surface area (Å²) in [6.45, 7) is 2.83. The Hall–Kier alpha value is -2.41. The van der Waals surface area contributed by atoms with Crippen molar-refractivity contribution in [2.24, 2.45) is 0 Å². The lowest BCUT2D eigenvalue weighted by Gasteiger charge is -2.04. The quantitative estimate of drug-likeness (QED) is 0.869. The second-order valence-electron chi connectivity index (χ2n) is 3.51. The number of hydrogen-bond donors (Lipinski definition) is 1. The Kier molecular flexibility index (Phi) is 3.31. The highest BCUT2D eigenvalue weighted by molar-refractivity contribution is 5.63. The molecule has 84 valence electrons. The number of nitrogens with one attached hydrogen (secondary N) is 1. The number of nitriles is 1. The van der Waals surface area contributed by atoms with Gasteiger partial charge in [0.05, 0.1) is 17.3 Å². The summed E-state index contributed by atoms with van der Waals surface area (Å²) >= 11 is 0. The maximum Gasteiger partial charge on any atom is 0.129 e. The molecule has 0 atom stereocenters. The van der Waals surface area contributed by atoms with Crippen molar-refractivity contribution in [3.8, 4) is 17.3 Å². The highest BCUT2D eigenvalue weighted by Gasteiger charge is 2.02. The standard InChI is InChI=1S/C13H12N4/c1-2-15-13-7-12(16-9-17-13)11-5-3-4-10(6-11)8-14/h3-7,9H,2H2,1H3,(H,15,16,17). The lowest BCUT2D eigenvalue weighted by Crippen LogP contribution is -1.99. The highest BCUT2D eigenvalue weighted by atomic mass is 15.0. The summed E-state index contributed by atoms with van der Waals surface area (Å²) < 4.78 is 0. The fraction of sp³-hybridized carbons (Fsp3) is 0.154. The molecule has 17 heavy (non-hydrogen) atoms. The van der Waals surface area contributed by atoms with Crippen LogP contribution in [0.1, 0.15) is 12.5 Å². The summed E-state index contributed by atoms with van der Waals surface area (Å²) in [7, 11) is 0. The van der Waals surface area contributed by atoms with Crippen molar-refractivity contribution in [3.05, 3.63) is 42.2 Å². The average Bonchev–Trinajstić information content (AvgIpc) is 2.40. The summed E-state index contributed by atoms with van der Waals surface area (Å²) in [4.78, 5) is 8.32. The molecule has 1 aromatic heterocycles. The van der Waals surface area contributed by atoms with E-state index in [1.165, 1.54) is 6.33 Å². The number of hydrogen-bond acceptors (Lipinski definition) is 4. The average molecular weight is 224 g/mol. The first kappa shape index (κ1) is 11.1. The van der Waals surface area contributed by atoms with E-state index in [-0.39, 0.29) is 0 Å². The second kappa shape index (κ2) is 5.08. The molecule has 0 unspecified atom stereocenters. The molecule has 0 amide bonds. The molecule has 0 spiro atoms. The first-order valence-electron chi connectivity index (χ1n) is 5.40. The van der Waals surface area contributed by atoms with Crippen LogP contribution in [0.3, 0.4) is 0 Å². The van der Waals surface area contributed by atoms with Crippen molar-refractivity contribution in [2.45, 2.75) is 6.92 Å². The van der Waals surface area contributed by atoms with E-state index in [2.05, 4.69) is 21.4 Å². The molecule has 0 aliphatic rings. The fourth-order valence-corrected chi connectivity index (χ4v) is 1.54. The van der Waals surface area contributed by atoms with Gasteiger partial charge in [0, 0.05) is 18.2 Å². The van der Waals surface area contributed by atoms with Gasteiger partial charge in [-0.15, -0.1) is 0 Å². The van der Waals surface area contributed by atoms with Crippen LogP contribution in [-0.2, 0) is 0 Å². The van der Waals surface area contributed by atoms with Crippen LogP contribution in [0.4, 0.5) is 5.82 Å². The van der Waals surface area contributed by atoms with Gasteiger partial charge in [0.2, 0.25) is 0 Å².